The second-order valence-electron chi connectivity index (χ2n) is 13.3. The summed E-state index contributed by atoms with van der Waals surface area (Å²) in [5.74, 6) is -1.70. The molecule has 0 spiro atoms. The summed E-state index contributed by atoms with van der Waals surface area (Å²) in [6.45, 7) is 5.25. The molecule has 1 aliphatic carbocycles. The van der Waals surface area contributed by atoms with Crippen LogP contribution in [-0.2, 0) is 35.1 Å². The first-order chi connectivity index (χ1) is 24.0. The second kappa shape index (κ2) is 18.9. The number of allylic oxidation sites excluding steroid dienone is 5. The Kier molecular flexibility index (Phi) is 14.7. The maximum atomic E-state index is 13.2. The van der Waals surface area contributed by atoms with E-state index in [-0.39, 0.29) is 47.3 Å². The summed E-state index contributed by atoms with van der Waals surface area (Å²) in [7, 11) is 1.50. The van der Waals surface area contributed by atoms with E-state index >= 15 is 0 Å². The van der Waals surface area contributed by atoms with Crippen LogP contribution in [0, 0.1) is 11.8 Å². The van der Waals surface area contributed by atoms with Crippen LogP contribution >= 0.6 is 11.8 Å². The van der Waals surface area contributed by atoms with Gasteiger partial charge in [-0.3, -0.25) is 14.4 Å². The molecule has 11 nitrogen and oxygen atoms in total. The van der Waals surface area contributed by atoms with E-state index in [4.69, 9.17) is 9.47 Å². The van der Waals surface area contributed by atoms with E-state index in [2.05, 4.69) is 16.0 Å². The number of fused-ring (bicyclic) bond motifs is 4. The van der Waals surface area contributed by atoms with Gasteiger partial charge in [0, 0.05) is 35.8 Å². The van der Waals surface area contributed by atoms with Gasteiger partial charge in [0.2, 0.25) is 17.7 Å². The Morgan fingerprint density at radius 2 is 1.76 bits per heavy atom. The number of benzene rings is 1. The Labute approximate surface area is 299 Å². The Bertz CT molecular complexity index is 1510. The van der Waals surface area contributed by atoms with Gasteiger partial charge in [0.25, 0.3) is 0 Å². The fourth-order valence-corrected chi connectivity index (χ4v) is 7.39. The Morgan fingerprint density at radius 1 is 1.04 bits per heavy atom. The summed E-state index contributed by atoms with van der Waals surface area (Å²) in [5, 5.41) is 31.2. The number of carbonyl (C=O) groups excluding carboxylic acids is 4. The maximum Gasteiger partial charge on any atom is 0.328 e. The lowest BCUT2D eigenvalue weighted by Gasteiger charge is -2.29. The van der Waals surface area contributed by atoms with Crippen molar-refractivity contribution in [1.29, 1.82) is 0 Å². The van der Waals surface area contributed by atoms with Crippen molar-refractivity contribution in [3.8, 4) is 5.75 Å². The number of thioether (sulfide) groups is 1. The maximum absolute atomic E-state index is 13.2. The smallest absolute Gasteiger partial charge is 0.328 e. The number of hydrogen-bond donors (Lipinski definition) is 5. The van der Waals surface area contributed by atoms with E-state index in [9.17, 15) is 29.4 Å². The first-order valence-corrected chi connectivity index (χ1v) is 18.5. The Hall–Kier alpha value is -3.87. The first kappa shape index (κ1) is 38.9. The molecule has 1 aromatic rings. The van der Waals surface area contributed by atoms with Crippen LogP contribution in [0.3, 0.4) is 0 Å². The SMILES string of the molecule is COC1C=C/C=C/C=C/CC(OC(=O)C(C)NC(=O)C2CCCCC2)C(C)C(O)/C(C)=C\CCc2c(O)c(cc3c2SCC(=O)N3)NC(=O)C1. The lowest BCUT2D eigenvalue weighted by Crippen LogP contribution is -2.45. The molecular weight excluding hydrogens is 658 g/mol. The molecule has 2 heterocycles. The standard InChI is InChI=1S/C38H51N3O8S/c1-23-14-13-18-28-35(45)29(21-30-36(28)50-22-33(43)41-30)40-32(42)20-27(48-4)17-11-6-5-7-12-19-31(24(2)34(23)44)49-38(47)25(3)39-37(46)26-15-9-8-10-16-26/h5-7,11-12,14,17,21,24-27,31,34,44-45H,8-10,13,15-16,18-20,22H2,1-4H3,(H,39,46)(H,40,42)(H,41,43)/b6-5+,12-7+,17-11?,23-14-. The van der Waals surface area contributed by atoms with Gasteiger partial charge in [-0.05, 0) is 51.2 Å². The number of aliphatic hydroxyl groups is 1. The minimum Gasteiger partial charge on any atom is -0.505 e. The third kappa shape index (κ3) is 10.8. The number of rotatable bonds is 5. The van der Waals surface area contributed by atoms with Crippen LogP contribution in [0.4, 0.5) is 11.4 Å². The number of aromatic hydroxyl groups is 1. The largest absolute Gasteiger partial charge is 0.505 e. The number of nitrogens with one attached hydrogen (secondary N) is 3. The lowest BCUT2D eigenvalue weighted by atomic mass is 9.88. The molecule has 0 aromatic heterocycles. The number of amides is 3. The zero-order valence-electron chi connectivity index (χ0n) is 29.4. The molecule has 4 rings (SSSR count). The summed E-state index contributed by atoms with van der Waals surface area (Å²) >= 11 is 1.32. The molecule has 0 radical (unpaired) electrons. The highest BCUT2D eigenvalue weighted by atomic mass is 32.2. The van der Waals surface area contributed by atoms with Crippen molar-refractivity contribution in [1.82, 2.24) is 5.32 Å². The van der Waals surface area contributed by atoms with Gasteiger partial charge in [0.05, 0.1) is 35.8 Å². The van der Waals surface area contributed by atoms with Crippen molar-refractivity contribution in [2.45, 2.75) is 108 Å². The van der Waals surface area contributed by atoms with Crippen LogP contribution in [0.5, 0.6) is 5.75 Å². The molecule has 3 aliphatic rings. The summed E-state index contributed by atoms with van der Waals surface area (Å²) in [6, 6.07) is 0.728. The van der Waals surface area contributed by atoms with Gasteiger partial charge in [-0.15, -0.1) is 11.8 Å². The minimum absolute atomic E-state index is 0.00602. The fourth-order valence-electron chi connectivity index (χ4n) is 6.40. The van der Waals surface area contributed by atoms with Gasteiger partial charge >= 0.3 is 5.97 Å². The monoisotopic (exact) mass is 709 g/mol. The molecule has 5 atom stereocenters. The van der Waals surface area contributed by atoms with Gasteiger partial charge in [0.1, 0.15) is 17.9 Å². The molecular formula is C38H51N3O8S. The van der Waals surface area contributed by atoms with E-state index < -0.39 is 36.2 Å². The summed E-state index contributed by atoms with van der Waals surface area (Å²) in [5.41, 5.74) is 1.94. The van der Waals surface area contributed by atoms with Crippen molar-refractivity contribution >= 4 is 46.8 Å². The van der Waals surface area contributed by atoms with E-state index in [0.717, 1.165) is 37.0 Å². The molecule has 2 aliphatic heterocycles. The van der Waals surface area contributed by atoms with Crippen molar-refractivity contribution in [3.63, 3.8) is 0 Å². The number of phenolic OH excluding ortho intramolecular Hbond substituents is 1. The average Bonchev–Trinajstić information content (AvgIpc) is 3.10. The van der Waals surface area contributed by atoms with Crippen LogP contribution in [0.15, 0.2) is 59.1 Å². The van der Waals surface area contributed by atoms with Gasteiger partial charge in [-0.1, -0.05) is 68.7 Å². The van der Waals surface area contributed by atoms with Crippen molar-refractivity contribution < 1.29 is 38.9 Å². The van der Waals surface area contributed by atoms with Crippen molar-refractivity contribution in [2.75, 3.05) is 23.5 Å². The molecule has 2 bridgehead atoms. The van der Waals surface area contributed by atoms with Crippen LogP contribution in [0.25, 0.3) is 0 Å². The fraction of sp³-hybridized carbons (Fsp3) is 0.526. The highest BCUT2D eigenvalue weighted by Crippen LogP contribution is 2.44. The number of esters is 1. The van der Waals surface area contributed by atoms with Gasteiger partial charge in [-0.2, -0.15) is 0 Å². The number of carbonyl (C=O) groups is 4. The van der Waals surface area contributed by atoms with Crippen LogP contribution < -0.4 is 16.0 Å². The first-order valence-electron chi connectivity index (χ1n) is 17.5. The number of anilines is 2. The number of aliphatic hydroxyl groups excluding tert-OH is 1. The zero-order chi connectivity index (χ0) is 36.2. The molecule has 1 saturated carbocycles. The van der Waals surface area contributed by atoms with E-state index in [0.29, 0.717) is 36.1 Å². The average molecular weight is 710 g/mol. The summed E-state index contributed by atoms with van der Waals surface area (Å²) < 4.78 is 11.4. The third-order valence-electron chi connectivity index (χ3n) is 9.46. The van der Waals surface area contributed by atoms with E-state index in [1.54, 1.807) is 44.2 Å². The van der Waals surface area contributed by atoms with Crippen LogP contribution in [0.1, 0.15) is 77.7 Å². The number of methoxy groups -OCH3 is 1. The van der Waals surface area contributed by atoms with Crippen molar-refractivity contribution in [3.05, 3.63) is 59.7 Å². The van der Waals surface area contributed by atoms with E-state index in [1.807, 2.05) is 25.2 Å². The minimum atomic E-state index is -0.950. The highest BCUT2D eigenvalue weighted by molar-refractivity contribution is 8.00. The van der Waals surface area contributed by atoms with Crippen molar-refractivity contribution in [2.24, 2.45) is 11.8 Å². The molecule has 5 unspecified atom stereocenters. The quantitative estimate of drug-likeness (QED) is 0.111. The van der Waals surface area contributed by atoms with Gasteiger partial charge < -0.3 is 35.6 Å². The van der Waals surface area contributed by atoms with Crippen LogP contribution in [0.2, 0.25) is 0 Å². The number of ether oxygens (including phenoxy) is 2. The Balaban J connectivity index is 1.58. The summed E-state index contributed by atoms with van der Waals surface area (Å²) in [4.78, 5) is 52.0. The predicted molar refractivity (Wildman–Crippen MR) is 195 cm³/mol. The molecule has 12 heteroatoms. The molecule has 0 saturated heterocycles. The predicted octanol–water partition coefficient (Wildman–Crippen LogP) is 5.73. The van der Waals surface area contributed by atoms with Gasteiger partial charge in [0.15, 0.2) is 0 Å². The van der Waals surface area contributed by atoms with E-state index in [1.165, 1.54) is 18.9 Å². The van der Waals surface area contributed by atoms with Crippen LogP contribution in [-0.4, -0.2) is 71.1 Å². The third-order valence-corrected chi connectivity index (χ3v) is 10.6. The summed E-state index contributed by atoms with van der Waals surface area (Å²) in [6.07, 6.45) is 16.4. The molecule has 5 N–H and O–H groups in total. The molecule has 1 aromatic carbocycles. The number of hydrogen-bond acceptors (Lipinski definition) is 9. The molecule has 1 fully saturated rings. The highest BCUT2D eigenvalue weighted by Gasteiger charge is 2.31. The zero-order valence-corrected chi connectivity index (χ0v) is 30.2. The second-order valence-corrected chi connectivity index (χ2v) is 14.2. The molecule has 50 heavy (non-hydrogen) atoms. The van der Waals surface area contributed by atoms with Gasteiger partial charge in [-0.25, -0.2) is 4.79 Å². The molecule has 272 valence electrons. The normalized spacial score (nSPS) is 27.2. The topological polar surface area (TPSA) is 163 Å². The number of phenols is 1. The lowest BCUT2D eigenvalue weighted by molar-refractivity contribution is -0.156. The Morgan fingerprint density at radius 3 is 2.50 bits per heavy atom. The molecule has 3 amide bonds.